The van der Waals surface area contributed by atoms with Crippen LogP contribution >= 0.6 is 0 Å². The zero-order valence-electron chi connectivity index (χ0n) is 12.5. The first-order valence-electron chi connectivity index (χ1n) is 8.21. The summed E-state index contributed by atoms with van der Waals surface area (Å²) in [5.74, 6) is 1.80. The summed E-state index contributed by atoms with van der Waals surface area (Å²) in [6, 6.07) is 0.778. The van der Waals surface area contributed by atoms with Crippen LogP contribution in [0.1, 0.15) is 58.8 Å². The molecular formula is C16H32N2. The van der Waals surface area contributed by atoms with E-state index >= 15 is 0 Å². The molecule has 1 heterocycles. The minimum atomic E-state index is 0.778. The number of hydrogen-bond acceptors (Lipinski definition) is 2. The number of nitrogens with zero attached hydrogens (tertiary/aromatic N) is 1. The quantitative estimate of drug-likeness (QED) is 0.826. The molecule has 0 radical (unpaired) electrons. The van der Waals surface area contributed by atoms with E-state index in [4.69, 9.17) is 0 Å². The Hall–Kier alpha value is -0.0800. The third-order valence-electron chi connectivity index (χ3n) is 4.75. The average Bonchev–Trinajstić information content (AvgIpc) is 2.63. The van der Waals surface area contributed by atoms with Gasteiger partial charge in [-0.25, -0.2) is 0 Å². The van der Waals surface area contributed by atoms with E-state index in [1.807, 2.05) is 0 Å². The normalized spacial score (nSPS) is 28.5. The number of hydrogen-bond donors (Lipinski definition) is 1. The van der Waals surface area contributed by atoms with E-state index in [-0.39, 0.29) is 0 Å². The second kappa shape index (κ2) is 7.49. The van der Waals surface area contributed by atoms with E-state index in [1.165, 1.54) is 71.1 Å². The van der Waals surface area contributed by atoms with E-state index in [0.29, 0.717) is 0 Å². The van der Waals surface area contributed by atoms with Gasteiger partial charge in [0, 0.05) is 12.6 Å². The SMILES string of the molecule is CC(C)CCN1CCCNC(C2CCCCC2)C1. The highest BCUT2D eigenvalue weighted by atomic mass is 15.2. The fraction of sp³-hybridized carbons (Fsp3) is 1.00. The highest BCUT2D eigenvalue weighted by Crippen LogP contribution is 2.27. The monoisotopic (exact) mass is 252 g/mol. The highest BCUT2D eigenvalue weighted by molar-refractivity contribution is 4.84. The molecule has 0 bridgehead atoms. The van der Waals surface area contributed by atoms with Crippen LogP contribution in [0.5, 0.6) is 0 Å². The maximum Gasteiger partial charge on any atom is 0.0223 e. The van der Waals surface area contributed by atoms with Crippen molar-refractivity contribution in [2.75, 3.05) is 26.2 Å². The third kappa shape index (κ3) is 4.55. The van der Waals surface area contributed by atoms with Gasteiger partial charge in [0.2, 0.25) is 0 Å². The van der Waals surface area contributed by atoms with Crippen LogP contribution in [0.3, 0.4) is 0 Å². The lowest BCUT2D eigenvalue weighted by Gasteiger charge is -2.33. The van der Waals surface area contributed by atoms with Crippen LogP contribution in [0.4, 0.5) is 0 Å². The summed E-state index contributed by atoms with van der Waals surface area (Å²) in [6.45, 7) is 9.84. The van der Waals surface area contributed by atoms with Gasteiger partial charge in [-0.2, -0.15) is 0 Å². The molecule has 1 saturated carbocycles. The molecule has 1 N–H and O–H groups in total. The van der Waals surface area contributed by atoms with Crippen molar-refractivity contribution in [2.24, 2.45) is 11.8 Å². The minimum absolute atomic E-state index is 0.778. The van der Waals surface area contributed by atoms with E-state index in [1.54, 1.807) is 0 Å². The fourth-order valence-corrected chi connectivity index (χ4v) is 3.52. The Bertz CT molecular complexity index is 221. The highest BCUT2D eigenvalue weighted by Gasteiger charge is 2.26. The lowest BCUT2D eigenvalue weighted by atomic mass is 9.83. The van der Waals surface area contributed by atoms with Crippen molar-refractivity contribution in [1.29, 1.82) is 0 Å². The van der Waals surface area contributed by atoms with Crippen molar-refractivity contribution >= 4 is 0 Å². The van der Waals surface area contributed by atoms with Crippen molar-refractivity contribution in [3.05, 3.63) is 0 Å². The summed E-state index contributed by atoms with van der Waals surface area (Å²) in [5.41, 5.74) is 0. The van der Waals surface area contributed by atoms with Crippen molar-refractivity contribution in [3.8, 4) is 0 Å². The van der Waals surface area contributed by atoms with Gasteiger partial charge in [-0.3, -0.25) is 0 Å². The van der Waals surface area contributed by atoms with Gasteiger partial charge >= 0.3 is 0 Å². The summed E-state index contributed by atoms with van der Waals surface area (Å²) < 4.78 is 0. The fourth-order valence-electron chi connectivity index (χ4n) is 3.52. The molecule has 1 saturated heterocycles. The molecule has 0 aromatic carbocycles. The standard InChI is InChI=1S/C16H32N2/c1-14(2)9-12-18-11-6-10-17-16(13-18)15-7-4-3-5-8-15/h14-17H,3-13H2,1-2H3. The Balaban J connectivity index is 1.81. The largest absolute Gasteiger partial charge is 0.312 e. The van der Waals surface area contributed by atoms with Crippen LogP contribution in [-0.2, 0) is 0 Å². The summed E-state index contributed by atoms with van der Waals surface area (Å²) in [6.07, 6.45) is 10.0. The summed E-state index contributed by atoms with van der Waals surface area (Å²) in [5, 5.41) is 3.83. The smallest absolute Gasteiger partial charge is 0.0223 e. The van der Waals surface area contributed by atoms with E-state index in [0.717, 1.165) is 17.9 Å². The van der Waals surface area contributed by atoms with Gasteiger partial charge < -0.3 is 10.2 Å². The van der Waals surface area contributed by atoms with Gasteiger partial charge in [-0.15, -0.1) is 0 Å². The number of nitrogens with one attached hydrogen (secondary N) is 1. The molecule has 1 aliphatic heterocycles. The van der Waals surface area contributed by atoms with Crippen LogP contribution in [0.25, 0.3) is 0 Å². The second-order valence-corrected chi connectivity index (χ2v) is 6.80. The Morgan fingerprint density at radius 1 is 1.11 bits per heavy atom. The van der Waals surface area contributed by atoms with Crippen LogP contribution in [0, 0.1) is 11.8 Å². The molecule has 0 aromatic heterocycles. The Kier molecular flexibility index (Phi) is 5.97. The van der Waals surface area contributed by atoms with Crippen LogP contribution in [0.2, 0.25) is 0 Å². The topological polar surface area (TPSA) is 15.3 Å². The first kappa shape index (κ1) is 14.3. The lowest BCUT2D eigenvalue weighted by molar-refractivity contribution is 0.200. The summed E-state index contributed by atoms with van der Waals surface area (Å²) in [7, 11) is 0. The molecule has 2 nitrogen and oxygen atoms in total. The molecule has 0 amide bonds. The Labute approximate surface area is 114 Å². The van der Waals surface area contributed by atoms with Gasteiger partial charge in [0.1, 0.15) is 0 Å². The van der Waals surface area contributed by atoms with E-state index in [2.05, 4.69) is 24.1 Å². The lowest BCUT2D eigenvalue weighted by Crippen LogP contribution is -2.44. The van der Waals surface area contributed by atoms with Gasteiger partial charge in [-0.1, -0.05) is 33.1 Å². The van der Waals surface area contributed by atoms with Crippen LogP contribution < -0.4 is 5.32 Å². The molecule has 1 unspecified atom stereocenters. The maximum atomic E-state index is 3.83. The zero-order chi connectivity index (χ0) is 12.8. The van der Waals surface area contributed by atoms with Gasteiger partial charge in [0.25, 0.3) is 0 Å². The molecule has 2 heteroatoms. The predicted octanol–water partition coefficient (Wildman–Crippen LogP) is 3.28. The van der Waals surface area contributed by atoms with Crippen molar-refractivity contribution in [2.45, 2.75) is 64.8 Å². The minimum Gasteiger partial charge on any atom is -0.312 e. The van der Waals surface area contributed by atoms with Gasteiger partial charge in [0.05, 0.1) is 0 Å². The summed E-state index contributed by atoms with van der Waals surface area (Å²) in [4.78, 5) is 2.72. The third-order valence-corrected chi connectivity index (χ3v) is 4.75. The molecule has 106 valence electrons. The molecule has 2 aliphatic rings. The van der Waals surface area contributed by atoms with E-state index in [9.17, 15) is 0 Å². The summed E-state index contributed by atoms with van der Waals surface area (Å²) >= 11 is 0. The average molecular weight is 252 g/mol. The molecular weight excluding hydrogens is 220 g/mol. The second-order valence-electron chi connectivity index (χ2n) is 6.80. The van der Waals surface area contributed by atoms with Crippen LogP contribution in [-0.4, -0.2) is 37.1 Å². The predicted molar refractivity (Wildman–Crippen MR) is 78.9 cm³/mol. The van der Waals surface area contributed by atoms with Crippen molar-refractivity contribution in [3.63, 3.8) is 0 Å². The molecule has 0 spiro atoms. The molecule has 0 aromatic rings. The van der Waals surface area contributed by atoms with Gasteiger partial charge in [-0.05, 0) is 57.2 Å². The van der Waals surface area contributed by atoms with E-state index < -0.39 is 0 Å². The first-order valence-corrected chi connectivity index (χ1v) is 8.21. The van der Waals surface area contributed by atoms with Crippen molar-refractivity contribution < 1.29 is 0 Å². The van der Waals surface area contributed by atoms with Gasteiger partial charge in [0.15, 0.2) is 0 Å². The van der Waals surface area contributed by atoms with Crippen LogP contribution in [0.15, 0.2) is 0 Å². The molecule has 18 heavy (non-hydrogen) atoms. The molecule has 1 aliphatic carbocycles. The number of rotatable bonds is 4. The Morgan fingerprint density at radius 2 is 1.89 bits per heavy atom. The Morgan fingerprint density at radius 3 is 2.61 bits per heavy atom. The molecule has 1 atom stereocenters. The first-order chi connectivity index (χ1) is 8.75. The maximum absolute atomic E-state index is 3.83. The molecule has 2 fully saturated rings. The zero-order valence-corrected chi connectivity index (χ0v) is 12.5. The van der Waals surface area contributed by atoms with Crippen molar-refractivity contribution in [1.82, 2.24) is 10.2 Å². The molecule has 2 rings (SSSR count).